The molecule has 0 aliphatic heterocycles. The summed E-state index contributed by atoms with van der Waals surface area (Å²) in [5.74, 6) is 0. The van der Waals surface area contributed by atoms with Crippen molar-refractivity contribution >= 4 is 50.8 Å². The molecule has 2 rings (SSSR count). The van der Waals surface area contributed by atoms with Gasteiger partial charge in [0.2, 0.25) is 0 Å². The third-order valence-electron chi connectivity index (χ3n) is 1.23. The van der Waals surface area contributed by atoms with Crippen molar-refractivity contribution in [3.05, 3.63) is 33.7 Å². The van der Waals surface area contributed by atoms with Gasteiger partial charge in [-0.2, -0.15) is 0 Å². The number of thiophene rings is 2. The third-order valence-corrected chi connectivity index (χ3v) is 6.32. The molecule has 0 atom stereocenters. The molecule has 0 saturated carbocycles. The average Bonchev–Trinajstić information content (AvgIpc) is 2.60. The summed E-state index contributed by atoms with van der Waals surface area (Å²) in [6.45, 7) is 0. The van der Waals surface area contributed by atoms with E-state index in [4.69, 9.17) is 0 Å². The van der Waals surface area contributed by atoms with Crippen LogP contribution in [0, 0.1) is 0 Å². The van der Waals surface area contributed by atoms with E-state index in [0.717, 1.165) is 0 Å². The molecule has 2 aromatic heterocycles. The minimum absolute atomic E-state index is 0.0508. The van der Waals surface area contributed by atoms with Gasteiger partial charge in [0, 0.05) is 0 Å². The summed E-state index contributed by atoms with van der Waals surface area (Å²) in [7, 11) is 0. The van der Waals surface area contributed by atoms with E-state index in [1.54, 1.807) is 29.9 Å². The Morgan fingerprint density at radius 3 is 1.82 bits per heavy atom. The van der Waals surface area contributed by atoms with E-state index in [1.807, 2.05) is 0 Å². The Labute approximate surface area is 84.0 Å². The summed E-state index contributed by atoms with van der Waals surface area (Å²) < 4.78 is 3.11. The van der Waals surface area contributed by atoms with E-state index >= 15 is 0 Å². The molecule has 2 aromatic rings. The maximum atomic E-state index is 2.26. The number of rotatable bonds is 2. The average molecular weight is 294 g/mol. The van der Waals surface area contributed by atoms with Crippen LogP contribution >= 0.6 is 22.7 Å². The molecule has 0 saturated heterocycles. The van der Waals surface area contributed by atoms with E-state index in [0.29, 0.717) is 0 Å². The van der Waals surface area contributed by atoms with Gasteiger partial charge in [-0.15, -0.1) is 0 Å². The van der Waals surface area contributed by atoms with Gasteiger partial charge in [0.25, 0.3) is 0 Å². The molecule has 0 aliphatic carbocycles. The first-order valence-corrected chi connectivity index (χ1v) is 7.39. The normalized spacial score (nSPS) is 10.2. The molecule has 0 N–H and O–H groups in total. The molecule has 0 radical (unpaired) electrons. The van der Waals surface area contributed by atoms with E-state index in [-0.39, 0.29) is 20.9 Å². The van der Waals surface area contributed by atoms with Crippen molar-refractivity contribution in [1.82, 2.24) is 0 Å². The van der Waals surface area contributed by atoms with Crippen LogP contribution in [0.2, 0.25) is 0 Å². The molecule has 2 heterocycles. The SMILES string of the molecule is c1cc([Te]c2ccsc2)cs1. The zero-order valence-corrected chi connectivity index (χ0v) is 9.65. The molecule has 0 fully saturated rings. The summed E-state index contributed by atoms with van der Waals surface area (Å²) in [4.78, 5) is 0. The van der Waals surface area contributed by atoms with Gasteiger partial charge in [-0.25, -0.2) is 0 Å². The van der Waals surface area contributed by atoms with E-state index in [2.05, 4.69) is 33.7 Å². The predicted molar refractivity (Wildman–Crippen MR) is 53.7 cm³/mol. The quantitative estimate of drug-likeness (QED) is 0.736. The molecule has 56 valence electrons. The summed E-state index contributed by atoms with van der Waals surface area (Å²) in [5.41, 5.74) is 0. The summed E-state index contributed by atoms with van der Waals surface area (Å²) in [5, 5.41) is 8.85. The van der Waals surface area contributed by atoms with Crippen LogP contribution in [-0.2, 0) is 0 Å². The first-order chi connectivity index (χ1) is 5.45. The second-order valence-corrected chi connectivity index (χ2v) is 6.85. The van der Waals surface area contributed by atoms with E-state index < -0.39 is 0 Å². The molecule has 0 amide bonds. The van der Waals surface area contributed by atoms with Crippen LogP contribution in [0.15, 0.2) is 33.7 Å². The van der Waals surface area contributed by atoms with Crippen LogP contribution in [0.4, 0.5) is 0 Å². The van der Waals surface area contributed by atoms with Gasteiger partial charge in [-0.05, 0) is 0 Å². The van der Waals surface area contributed by atoms with Crippen LogP contribution in [0.5, 0.6) is 0 Å². The Bertz CT molecular complexity index is 264. The zero-order valence-electron chi connectivity index (χ0n) is 5.69. The van der Waals surface area contributed by atoms with Crippen LogP contribution in [0.3, 0.4) is 0 Å². The van der Waals surface area contributed by atoms with Gasteiger partial charge < -0.3 is 0 Å². The van der Waals surface area contributed by atoms with Crippen LogP contribution in [0.1, 0.15) is 0 Å². The summed E-state index contributed by atoms with van der Waals surface area (Å²) in [6.07, 6.45) is 0. The second-order valence-electron chi connectivity index (χ2n) is 2.02. The molecule has 0 bridgehead atoms. The second kappa shape index (κ2) is 3.73. The molecule has 3 heteroatoms. The molecule has 0 spiro atoms. The van der Waals surface area contributed by atoms with Crippen molar-refractivity contribution in [3.63, 3.8) is 0 Å². The molecule has 0 unspecified atom stereocenters. The van der Waals surface area contributed by atoms with Gasteiger partial charge in [-0.1, -0.05) is 0 Å². The topological polar surface area (TPSA) is 0 Å². The fraction of sp³-hybridized carbons (Fsp3) is 0. The molecule has 0 nitrogen and oxygen atoms in total. The van der Waals surface area contributed by atoms with Gasteiger partial charge in [-0.3, -0.25) is 0 Å². The van der Waals surface area contributed by atoms with Gasteiger partial charge in [0.05, 0.1) is 0 Å². The van der Waals surface area contributed by atoms with Crippen molar-refractivity contribution in [3.8, 4) is 0 Å². The maximum absolute atomic E-state index is 2.26. The molecule has 0 aromatic carbocycles. The Kier molecular flexibility index (Phi) is 2.65. The van der Waals surface area contributed by atoms with Crippen molar-refractivity contribution in [2.45, 2.75) is 0 Å². The van der Waals surface area contributed by atoms with Crippen LogP contribution in [-0.4, -0.2) is 20.9 Å². The van der Waals surface area contributed by atoms with Gasteiger partial charge in [0.15, 0.2) is 0 Å². The Hall–Kier alpha value is 0.190. The summed E-state index contributed by atoms with van der Waals surface area (Å²) in [6, 6.07) is 4.48. The number of hydrogen-bond acceptors (Lipinski definition) is 2. The fourth-order valence-corrected chi connectivity index (χ4v) is 5.75. The van der Waals surface area contributed by atoms with Crippen molar-refractivity contribution in [2.24, 2.45) is 0 Å². The minimum atomic E-state index is -0.0508. The summed E-state index contributed by atoms with van der Waals surface area (Å²) >= 11 is 3.54. The monoisotopic (exact) mass is 296 g/mol. The Morgan fingerprint density at radius 2 is 1.45 bits per heavy atom. The third kappa shape index (κ3) is 2.07. The Balaban J connectivity index is 2.14. The predicted octanol–water partition coefficient (Wildman–Crippen LogP) is 1.46. The standard InChI is InChI=1S/C8H6S2Te/c1-3-9-5-7(1)11-8-2-4-10-6-8/h1-6H. The molecular formula is C8H6S2Te. The van der Waals surface area contributed by atoms with Crippen molar-refractivity contribution in [1.29, 1.82) is 0 Å². The van der Waals surface area contributed by atoms with Crippen molar-refractivity contribution < 1.29 is 0 Å². The van der Waals surface area contributed by atoms with Gasteiger partial charge in [0.1, 0.15) is 0 Å². The Morgan fingerprint density at radius 1 is 0.909 bits per heavy atom. The van der Waals surface area contributed by atoms with E-state index in [1.165, 1.54) is 0 Å². The molecule has 11 heavy (non-hydrogen) atoms. The fourth-order valence-electron chi connectivity index (χ4n) is 0.756. The van der Waals surface area contributed by atoms with Crippen molar-refractivity contribution in [2.75, 3.05) is 0 Å². The first-order valence-electron chi connectivity index (χ1n) is 3.17. The zero-order chi connectivity index (χ0) is 7.52. The van der Waals surface area contributed by atoms with Gasteiger partial charge >= 0.3 is 84.5 Å². The number of hydrogen-bond donors (Lipinski definition) is 0. The molecular weight excluding hydrogens is 288 g/mol. The van der Waals surface area contributed by atoms with E-state index in [9.17, 15) is 0 Å². The van der Waals surface area contributed by atoms with Crippen LogP contribution < -0.4 is 7.22 Å². The molecule has 0 aliphatic rings. The van der Waals surface area contributed by atoms with Crippen LogP contribution in [0.25, 0.3) is 0 Å². The first kappa shape index (κ1) is 7.82.